The number of halogens is 2. The monoisotopic (exact) mass is 349 g/mol. The van der Waals surface area contributed by atoms with Crippen molar-refractivity contribution in [2.75, 3.05) is 19.1 Å². The van der Waals surface area contributed by atoms with Gasteiger partial charge >= 0.3 is 6.61 Å². The summed E-state index contributed by atoms with van der Waals surface area (Å²) in [6.45, 7) is -2.48. The van der Waals surface area contributed by atoms with Gasteiger partial charge in [0.1, 0.15) is 12.1 Å². The van der Waals surface area contributed by atoms with Gasteiger partial charge in [-0.05, 0) is 17.7 Å². The zero-order chi connectivity index (χ0) is 18.0. The predicted octanol–water partition coefficient (Wildman–Crippen LogP) is 2.61. The average Bonchev–Trinajstić information content (AvgIpc) is 2.96. The standard InChI is InChI=1S/C16H17F2N5O2/c1-22(14-11-7-21-23(2)15(11)20-9-19-14)8-10-4-5-12(24-3)13(6-10)25-16(17)18/h4-7,9,16H,8H2,1-3H3. The summed E-state index contributed by atoms with van der Waals surface area (Å²) in [5.41, 5.74) is 1.49. The number of aromatic nitrogens is 4. The van der Waals surface area contributed by atoms with E-state index in [0.29, 0.717) is 18.0 Å². The van der Waals surface area contributed by atoms with Crippen LogP contribution in [0.4, 0.5) is 14.6 Å². The predicted molar refractivity (Wildman–Crippen MR) is 88.0 cm³/mol. The van der Waals surface area contributed by atoms with Gasteiger partial charge < -0.3 is 14.4 Å². The van der Waals surface area contributed by atoms with Gasteiger partial charge in [-0.15, -0.1) is 0 Å². The molecule has 0 fully saturated rings. The highest BCUT2D eigenvalue weighted by atomic mass is 19.3. The topological polar surface area (TPSA) is 65.3 Å². The van der Waals surface area contributed by atoms with Crippen LogP contribution >= 0.6 is 0 Å². The van der Waals surface area contributed by atoms with Crippen LogP contribution in [-0.2, 0) is 13.6 Å². The van der Waals surface area contributed by atoms with Crippen molar-refractivity contribution in [3.05, 3.63) is 36.3 Å². The highest BCUT2D eigenvalue weighted by molar-refractivity contribution is 5.86. The Morgan fingerprint density at radius 1 is 1.24 bits per heavy atom. The molecule has 25 heavy (non-hydrogen) atoms. The first kappa shape index (κ1) is 16.9. The van der Waals surface area contributed by atoms with Gasteiger partial charge in [0.15, 0.2) is 17.1 Å². The number of ether oxygens (including phenoxy) is 2. The number of hydrogen-bond donors (Lipinski definition) is 0. The van der Waals surface area contributed by atoms with Gasteiger partial charge in [-0.3, -0.25) is 4.68 Å². The summed E-state index contributed by atoms with van der Waals surface area (Å²) in [4.78, 5) is 10.4. The van der Waals surface area contributed by atoms with Crippen molar-refractivity contribution in [3.63, 3.8) is 0 Å². The first-order valence-electron chi connectivity index (χ1n) is 7.45. The normalized spacial score (nSPS) is 11.1. The van der Waals surface area contributed by atoms with Gasteiger partial charge in [0.2, 0.25) is 0 Å². The van der Waals surface area contributed by atoms with E-state index in [2.05, 4.69) is 19.8 Å². The average molecular weight is 349 g/mol. The van der Waals surface area contributed by atoms with Crippen LogP contribution in [-0.4, -0.2) is 40.5 Å². The molecule has 3 rings (SSSR count). The molecule has 0 bridgehead atoms. The van der Waals surface area contributed by atoms with Crippen LogP contribution < -0.4 is 14.4 Å². The fourth-order valence-electron chi connectivity index (χ4n) is 2.61. The van der Waals surface area contributed by atoms with Crippen molar-refractivity contribution < 1.29 is 18.3 Å². The summed E-state index contributed by atoms with van der Waals surface area (Å²) >= 11 is 0. The fourth-order valence-corrected chi connectivity index (χ4v) is 2.61. The zero-order valence-corrected chi connectivity index (χ0v) is 14.0. The van der Waals surface area contributed by atoms with Crippen molar-refractivity contribution in [1.29, 1.82) is 0 Å². The summed E-state index contributed by atoms with van der Waals surface area (Å²) in [6, 6.07) is 4.92. The molecule has 0 amide bonds. The van der Waals surface area contributed by atoms with Crippen LogP contribution in [0.1, 0.15) is 5.56 Å². The lowest BCUT2D eigenvalue weighted by Crippen LogP contribution is -2.18. The highest BCUT2D eigenvalue weighted by Crippen LogP contribution is 2.30. The molecule has 0 unspecified atom stereocenters. The maximum atomic E-state index is 12.6. The molecule has 0 saturated heterocycles. The SMILES string of the molecule is COc1ccc(CN(C)c2ncnc3c2cnn3C)cc1OC(F)F. The van der Waals surface area contributed by atoms with Crippen LogP contribution in [0.15, 0.2) is 30.7 Å². The third kappa shape index (κ3) is 3.44. The van der Waals surface area contributed by atoms with Gasteiger partial charge in [-0.25, -0.2) is 9.97 Å². The second-order valence-corrected chi connectivity index (χ2v) is 5.42. The van der Waals surface area contributed by atoms with Gasteiger partial charge in [0, 0.05) is 20.6 Å². The number of nitrogens with zero attached hydrogens (tertiary/aromatic N) is 5. The van der Waals surface area contributed by atoms with Crippen LogP contribution in [0.2, 0.25) is 0 Å². The quantitative estimate of drug-likeness (QED) is 0.682. The minimum Gasteiger partial charge on any atom is -0.493 e. The molecule has 132 valence electrons. The Bertz CT molecular complexity index is 884. The largest absolute Gasteiger partial charge is 0.493 e. The van der Waals surface area contributed by atoms with Crippen LogP contribution in [0, 0.1) is 0 Å². The minimum atomic E-state index is -2.92. The Morgan fingerprint density at radius 3 is 2.76 bits per heavy atom. The van der Waals surface area contributed by atoms with E-state index in [1.165, 1.54) is 19.5 Å². The molecular weight excluding hydrogens is 332 g/mol. The molecule has 0 spiro atoms. The molecule has 0 aliphatic heterocycles. The van der Waals surface area contributed by atoms with E-state index in [9.17, 15) is 8.78 Å². The second-order valence-electron chi connectivity index (χ2n) is 5.42. The number of fused-ring (bicyclic) bond motifs is 1. The first-order valence-corrected chi connectivity index (χ1v) is 7.45. The summed E-state index contributed by atoms with van der Waals surface area (Å²) in [5, 5.41) is 4.99. The molecule has 1 aromatic carbocycles. The van der Waals surface area contributed by atoms with Gasteiger partial charge in [-0.1, -0.05) is 6.07 Å². The summed E-state index contributed by atoms with van der Waals surface area (Å²) in [6.07, 6.45) is 3.16. The maximum absolute atomic E-state index is 12.6. The number of aryl methyl sites for hydroxylation is 1. The second kappa shape index (κ2) is 6.88. The summed E-state index contributed by atoms with van der Waals surface area (Å²) in [7, 11) is 5.06. The first-order chi connectivity index (χ1) is 12.0. The maximum Gasteiger partial charge on any atom is 0.387 e. The van der Waals surface area contributed by atoms with Crippen LogP contribution in [0.5, 0.6) is 11.5 Å². The van der Waals surface area contributed by atoms with Crippen molar-refractivity contribution >= 4 is 16.9 Å². The molecule has 0 radical (unpaired) electrons. The minimum absolute atomic E-state index is 0.00221. The number of hydrogen-bond acceptors (Lipinski definition) is 6. The molecule has 2 heterocycles. The lowest BCUT2D eigenvalue weighted by atomic mass is 10.2. The highest BCUT2D eigenvalue weighted by Gasteiger charge is 2.15. The third-order valence-corrected chi connectivity index (χ3v) is 3.73. The summed E-state index contributed by atoms with van der Waals surface area (Å²) < 4.78 is 36.3. The van der Waals surface area contributed by atoms with E-state index in [0.717, 1.165) is 10.9 Å². The van der Waals surface area contributed by atoms with Crippen molar-refractivity contribution in [2.45, 2.75) is 13.2 Å². The van der Waals surface area contributed by atoms with Gasteiger partial charge in [0.25, 0.3) is 0 Å². The van der Waals surface area contributed by atoms with Crippen LogP contribution in [0.25, 0.3) is 11.0 Å². The lowest BCUT2D eigenvalue weighted by molar-refractivity contribution is -0.0512. The Balaban J connectivity index is 1.88. The molecule has 3 aromatic rings. The van der Waals surface area contributed by atoms with Crippen molar-refractivity contribution in [3.8, 4) is 11.5 Å². The Kier molecular flexibility index (Phi) is 4.64. The molecule has 2 aromatic heterocycles. The van der Waals surface area contributed by atoms with Crippen molar-refractivity contribution in [2.24, 2.45) is 7.05 Å². The molecule has 9 heteroatoms. The lowest BCUT2D eigenvalue weighted by Gasteiger charge is -2.19. The van der Waals surface area contributed by atoms with Crippen molar-refractivity contribution in [1.82, 2.24) is 19.7 Å². The number of methoxy groups -OCH3 is 1. The molecule has 0 aliphatic carbocycles. The smallest absolute Gasteiger partial charge is 0.387 e. The zero-order valence-electron chi connectivity index (χ0n) is 14.0. The third-order valence-electron chi connectivity index (χ3n) is 3.73. The number of anilines is 1. The van der Waals surface area contributed by atoms with E-state index in [4.69, 9.17) is 4.74 Å². The molecule has 0 atom stereocenters. The Labute approximate surface area is 142 Å². The molecular formula is C16H17F2N5O2. The summed E-state index contributed by atoms with van der Waals surface area (Å²) in [5.74, 6) is 0.950. The molecule has 0 aliphatic rings. The number of benzene rings is 1. The Morgan fingerprint density at radius 2 is 2.04 bits per heavy atom. The Hall–Kier alpha value is -2.97. The van der Waals surface area contributed by atoms with Gasteiger partial charge in [0.05, 0.1) is 18.7 Å². The van der Waals surface area contributed by atoms with E-state index in [-0.39, 0.29) is 11.5 Å². The van der Waals surface area contributed by atoms with E-state index < -0.39 is 6.61 Å². The number of rotatable bonds is 6. The molecule has 7 nitrogen and oxygen atoms in total. The molecule has 0 N–H and O–H groups in total. The molecule has 0 saturated carbocycles. The van der Waals surface area contributed by atoms with E-state index in [1.54, 1.807) is 30.1 Å². The van der Waals surface area contributed by atoms with Gasteiger partial charge in [-0.2, -0.15) is 13.9 Å². The van der Waals surface area contributed by atoms with E-state index >= 15 is 0 Å². The fraction of sp³-hybridized carbons (Fsp3) is 0.312. The van der Waals surface area contributed by atoms with E-state index in [1.807, 2.05) is 11.9 Å². The van der Waals surface area contributed by atoms with Crippen LogP contribution in [0.3, 0.4) is 0 Å². The number of alkyl halides is 2.